The van der Waals surface area contributed by atoms with Gasteiger partial charge in [-0.1, -0.05) is 19.3 Å². The van der Waals surface area contributed by atoms with E-state index in [1.54, 1.807) is 0 Å². The summed E-state index contributed by atoms with van der Waals surface area (Å²) in [5.41, 5.74) is 11.6. The third-order valence-electron chi connectivity index (χ3n) is 4.75. The van der Waals surface area contributed by atoms with Crippen LogP contribution >= 0.6 is 0 Å². The van der Waals surface area contributed by atoms with Crippen molar-refractivity contribution in [3.63, 3.8) is 0 Å². The molecule has 0 aromatic rings. The Morgan fingerprint density at radius 3 is 2.24 bits per heavy atom. The average molecular weight is 358 g/mol. The maximum Gasteiger partial charge on any atom is 0.321 e. The highest BCUT2D eigenvalue weighted by atomic mass is 16.4. The molecule has 25 heavy (non-hydrogen) atoms. The molecule has 1 aliphatic carbocycles. The van der Waals surface area contributed by atoms with Gasteiger partial charge in [0.2, 0.25) is 5.91 Å². The van der Waals surface area contributed by atoms with E-state index >= 15 is 0 Å². The molecule has 1 aliphatic rings. The zero-order chi connectivity index (χ0) is 18.9. The molecule has 1 saturated carbocycles. The lowest BCUT2D eigenvalue weighted by molar-refractivity contribution is -0.145. The number of rotatable bonds is 11. The fourth-order valence-electron chi connectivity index (χ4n) is 3.19. The first-order valence-corrected chi connectivity index (χ1v) is 8.68. The topological polar surface area (TPSA) is 168 Å². The van der Waals surface area contributed by atoms with Crippen LogP contribution in [0.25, 0.3) is 0 Å². The molecule has 0 saturated heterocycles. The van der Waals surface area contributed by atoms with Crippen molar-refractivity contribution in [3.05, 3.63) is 0 Å². The van der Waals surface area contributed by atoms with Gasteiger partial charge in [-0.05, 0) is 24.8 Å². The number of nitrogens with two attached hydrogens (primary N) is 2. The molecule has 0 radical (unpaired) electrons. The highest BCUT2D eigenvalue weighted by Crippen LogP contribution is 2.38. The summed E-state index contributed by atoms with van der Waals surface area (Å²) in [6, 6.07) is -1.72. The summed E-state index contributed by atoms with van der Waals surface area (Å²) in [7, 11) is 0. The monoisotopic (exact) mass is 358 g/mol. The van der Waals surface area contributed by atoms with Gasteiger partial charge in [-0.25, -0.2) is 0 Å². The van der Waals surface area contributed by atoms with Crippen LogP contribution in [0.1, 0.15) is 44.9 Å². The van der Waals surface area contributed by atoms with Crippen molar-refractivity contribution in [1.29, 1.82) is 0 Å². The van der Waals surface area contributed by atoms with E-state index in [9.17, 15) is 14.4 Å². The molecule has 0 spiro atoms. The normalized spacial score (nSPS) is 19.0. The molecule has 1 amide bonds. The van der Waals surface area contributed by atoms with Gasteiger partial charge in [0.1, 0.15) is 6.04 Å². The van der Waals surface area contributed by atoms with Gasteiger partial charge in [-0.15, -0.1) is 0 Å². The van der Waals surface area contributed by atoms with Gasteiger partial charge in [0.25, 0.3) is 0 Å². The van der Waals surface area contributed by atoms with Gasteiger partial charge >= 0.3 is 11.9 Å². The number of nitrogens with one attached hydrogen (secondary N) is 2. The number of carbonyl (C=O) groups is 3. The third kappa shape index (κ3) is 7.80. The first-order chi connectivity index (χ1) is 11.8. The predicted octanol–water partition coefficient (Wildman–Crippen LogP) is -0.753. The molecule has 1 fully saturated rings. The maximum atomic E-state index is 12.2. The van der Waals surface area contributed by atoms with Crippen LogP contribution in [-0.4, -0.2) is 59.8 Å². The quantitative estimate of drug-likeness (QED) is 0.280. The summed E-state index contributed by atoms with van der Waals surface area (Å²) >= 11 is 0. The Morgan fingerprint density at radius 2 is 1.72 bits per heavy atom. The molecule has 0 heterocycles. The summed E-state index contributed by atoms with van der Waals surface area (Å²) in [5, 5.41) is 23.0. The number of carboxylic acids is 2. The van der Waals surface area contributed by atoms with Crippen LogP contribution in [0.2, 0.25) is 0 Å². The smallest absolute Gasteiger partial charge is 0.321 e. The molecule has 8 N–H and O–H groups in total. The molecule has 9 heteroatoms. The van der Waals surface area contributed by atoms with Crippen molar-refractivity contribution in [2.45, 2.75) is 57.0 Å². The van der Waals surface area contributed by atoms with E-state index in [2.05, 4.69) is 10.6 Å². The zero-order valence-electron chi connectivity index (χ0n) is 14.5. The van der Waals surface area contributed by atoms with E-state index < -0.39 is 30.4 Å². The van der Waals surface area contributed by atoms with E-state index in [4.69, 9.17) is 21.7 Å². The molecule has 144 valence electrons. The number of carbonyl (C=O) groups excluding carboxylic acids is 1. The third-order valence-corrected chi connectivity index (χ3v) is 4.75. The molecule has 0 aromatic heterocycles. The second-order valence-corrected chi connectivity index (χ2v) is 6.90. The Balaban J connectivity index is 2.34. The summed E-state index contributed by atoms with van der Waals surface area (Å²) in [6.45, 7) is 0.766. The molecule has 2 atom stereocenters. The van der Waals surface area contributed by atoms with Crippen molar-refractivity contribution < 1.29 is 24.6 Å². The Bertz CT molecular complexity index is 465. The van der Waals surface area contributed by atoms with E-state index in [0.717, 1.165) is 25.7 Å². The first kappa shape index (κ1) is 21.3. The largest absolute Gasteiger partial charge is 0.481 e. The van der Waals surface area contributed by atoms with Crippen LogP contribution in [0.4, 0.5) is 0 Å². The molecule has 0 unspecified atom stereocenters. The SMILES string of the molecule is NCC1(CC(=O)NC[C@H](N)CN[C@@H](CC(=O)O)C(=O)O)CCCCC1. The van der Waals surface area contributed by atoms with Crippen molar-refractivity contribution in [3.8, 4) is 0 Å². The van der Waals surface area contributed by atoms with Crippen LogP contribution in [-0.2, 0) is 14.4 Å². The lowest BCUT2D eigenvalue weighted by Gasteiger charge is -2.35. The van der Waals surface area contributed by atoms with Gasteiger partial charge in [0.15, 0.2) is 0 Å². The minimum Gasteiger partial charge on any atom is -0.481 e. The number of hydrogen-bond donors (Lipinski definition) is 6. The van der Waals surface area contributed by atoms with Crippen LogP contribution < -0.4 is 22.1 Å². The van der Waals surface area contributed by atoms with E-state index in [0.29, 0.717) is 13.0 Å². The highest BCUT2D eigenvalue weighted by Gasteiger charge is 2.33. The molecule has 0 aromatic carbocycles. The molecule has 0 aliphatic heterocycles. The van der Waals surface area contributed by atoms with Crippen molar-refractivity contribution >= 4 is 17.8 Å². The average Bonchev–Trinajstić information content (AvgIpc) is 2.57. The summed E-state index contributed by atoms with van der Waals surface area (Å²) < 4.78 is 0. The minimum atomic E-state index is -1.25. The molecule has 1 rings (SSSR count). The van der Waals surface area contributed by atoms with Gasteiger partial charge in [-0.2, -0.15) is 0 Å². The van der Waals surface area contributed by atoms with Crippen molar-refractivity contribution in [2.24, 2.45) is 16.9 Å². The fraction of sp³-hybridized carbons (Fsp3) is 0.812. The zero-order valence-corrected chi connectivity index (χ0v) is 14.5. The maximum absolute atomic E-state index is 12.2. The Hall–Kier alpha value is -1.71. The molecular formula is C16H30N4O5. The number of hydrogen-bond acceptors (Lipinski definition) is 6. The van der Waals surface area contributed by atoms with Gasteiger partial charge < -0.3 is 32.3 Å². The molecular weight excluding hydrogens is 328 g/mol. The fourth-order valence-corrected chi connectivity index (χ4v) is 3.19. The van der Waals surface area contributed by atoms with Gasteiger partial charge in [0.05, 0.1) is 6.42 Å². The molecule has 9 nitrogen and oxygen atoms in total. The lowest BCUT2D eigenvalue weighted by Crippen LogP contribution is -2.49. The van der Waals surface area contributed by atoms with Crippen LogP contribution in [0.5, 0.6) is 0 Å². The summed E-state index contributed by atoms with van der Waals surface area (Å²) in [4.78, 5) is 33.7. The lowest BCUT2D eigenvalue weighted by atomic mass is 9.71. The van der Waals surface area contributed by atoms with E-state index in [1.165, 1.54) is 6.42 Å². The Labute approximate surface area is 147 Å². The van der Waals surface area contributed by atoms with Crippen molar-refractivity contribution in [1.82, 2.24) is 10.6 Å². The summed E-state index contributed by atoms with van der Waals surface area (Å²) in [5.74, 6) is -2.56. The van der Waals surface area contributed by atoms with Gasteiger partial charge in [-0.3, -0.25) is 14.4 Å². The summed E-state index contributed by atoms with van der Waals surface area (Å²) in [6.07, 6.45) is 5.12. The number of amides is 1. The standard InChI is InChI=1S/C16H30N4O5/c17-10-16(4-2-1-3-5-16)7-13(21)20-9-11(18)8-19-12(15(24)25)6-14(22)23/h11-12,19H,1-10,17-18H2,(H,20,21)(H,22,23)(H,24,25)/t11-,12+/m1/s1. The van der Waals surface area contributed by atoms with Crippen molar-refractivity contribution in [2.75, 3.05) is 19.6 Å². The number of carboxylic acid groups (broad SMARTS) is 2. The second-order valence-electron chi connectivity index (χ2n) is 6.90. The number of aliphatic carboxylic acids is 2. The molecule has 0 bridgehead atoms. The van der Waals surface area contributed by atoms with Crippen LogP contribution in [0.3, 0.4) is 0 Å². The second kappa shape index (κ2) is 10.3. The van der Waals surface area contributed by atoms with E-state index in [1.807, 2.05) is 0 Å². The van der Waals surface area contributed by atoms with E-state index in [-0.39, 0.29) is 24.4 Å². The predicted molar refractivity (Wildman–Crippen MR) is 91.9 cm³/mol. The van der Waals surface area contributed by atoms with Crippen LogP contribution in [0.15, 0.2) is 0 Å². The van der Waals surface area contributed by atoms with Gasteiger partial charge in [0, 0.05) is 25.6 Å². The first-order valence-electron chi connectivity index (χ1n) is 8.68. The Kier molecular flexibility index (Phi) is 8.81. The van der Waals surface area contributed by atoms with Crippen LogP contribution in [0, 0.1) is 5.41 Å². The minimum absolute atomic E-state index is 0.0898. The highest BCUT2D eigenvalue weighted by molar-refractivity contribution is 5.80. The Morgan fingerprint density at radius 1 is 1.08 bits per heavy atom.